The van der Waals surface area contributed by atoms with Crippen LogP contribution in [0.3, 0.4) is 0 Å². The van der Waals surface area contributed by atoms with Crippen molar-refractivity contribution in [3.8, 4) is 16.9 Å². The van der Waals surface area contributed by atoms with Gasteiger partial charge in [0.2, 0.25) is 0 Å². The van der Waals surface area contributed by atoms with Crippen LogP contribution < -0.4 is 5.73 Å². The van der Waals surface area contributed by atoms with Crippen molar-refractivity contribution in [3.05, 3.63) is 58.7 Å². The van der Waals surface area contributed by atoms with Crippen LogP contribution >= 0.6 is 23.2 Å². The fourth-order valence-corrected chi connectivity index (χ4v) is 2.06. The smallest absolute Gasteiger partial charge is 0.113 e. The molecular formula is C14H10Cl2N4. The van der Waals surface area contributed by atoms with Crippen molar-refractivity contribution >= 4 is 28.9 Å². The minimum Gasteiger partial charge on any atom is -0.397 e. The highest BCUT2D eigenvalue weighted by Gasteiger charge is 2.06. The molecule has 3 rings (SSSR count). The summed E-state index contributed by atoms with van der Waals surface area (Å²) in [5.41, 5.74) is 8.80. The van der Waals surface area contributed by atoms with E-state index in [1.807, 2.05) is 36.5 Å². The Kier molecular flexibility index (Phi) is 3.34. The minimum absolute atomic E-state index is 0.507. The molecule has 4 nitrogen and oxygen atoms in total. The van der Waals surface area contributed by atoms with E-state index in [1.165, 1.54) is 0 Å². The number of nitrogens with two attached hydrogens (primary N) is 1. The molecular weight excluding hydrogens is 295 g/mol. The molecule has 100 valence electrons. The number of nitrogen functional groups attached to an aromatic ring is 1. The summed E-state index contributed by atoms with van der Waals surface area (Å²) in [6, 6.07) is 12.7. The van der Waals surface area contributed by atoms with E-state index < -0.39 is 0 Å². The number of hydrogen-bond donors (Lipinski definition) is 1. The van der Waals surface area contributed by atoms with Gasteiger partial charge in [-0.05, 0) is 30.3 Å². The molecule has 0 saturated heterocycles. The Bertz CT molecular complexity index is 750. The van der Waals surface area contributed by atoms with Crippen molar-refractivity contribution in [1.82, 2.24) is 15.0 Å². The molecule has 0 atom stereocenters. The lowest BCUT2D eigenvalue weighted by Crippen LogP contribution is -1.96. The Morgan fingerprint density at radius 1 is 1.00 bits per heavy atom. The Hall–Kier alpha value is -2.04. The number of nitrogens with zero attached hydrogens (tertiary/aromatic N) is 3. The van der Waals surface area contributed by atoms with Crippen LogP contribution in [0.1, 0.15) is 0 Å². The fourth-order valence-electron chi connectivity index (χ4n) is 1.82. The normalized spacial score (nSPS) is 10.7. The summed E-state index contributed by atoms with van der Waals surface area (Å²) in [5, 5.41) is 9.44. The van der Waals surface area contributed by atoms with Gasteiger partial charge >= 0.3 is 0 Å². The second kappa shape index (κ2) is 5.15. The molecule has 2 aromatic carbocycles. The fraction of sp³-hybridized carbons (Fsp3) is 0. The van der Waals surface area contributed by atoms with Gasteiger partial charge in [0.1, 0.15) is 5.69 Å². The highest BCUT2D eigenvalue weighted by molar-refractivity contribution is 6.33. The van der Waals surface area contributed by atoms with Crippen LogP contribution in [0.4, 0.5) is 5.69 Å². The predicted octanol–water partition coefficient (Wildman–Crippen LogP) is 3.82. The van der Waals surface area contributed by atoms with Crippen molar-refractivity contribution in [1.29, 1.82) is 0 Å². The second-order valence-corrected chi connectivity index (χ2v) is 5.10. The van der Waals surface area contributed by atoms with Gasteiger partial charge in [-0.15, -0.1) is 5.10 Å². The molecule has 0 aliphatic carbocycles. The number of hydrogen-bond acceptors (Lipinski definition) is 3. The van der Waals surface area contributed by atoms with Crippen molar-refractivity contribution in [2.75, 3.05) is 5.73 Å². The summed E-state index contributed by atoms with van der Waals surface area (Å²) >= 11 is 11.8. The maximum Gasteiger partial charge on any atom is 0.113 e. The molecule has 0 aliphatic heterocycles. The average Bonchev–Trinajstić information content (AvgIpc) is 2.92. The minimum atomic E-state index is 0.507. The van der Waals surface area contributed by atoms with Crippen molar-refractivity contribution in [2.45, 2.75) is 0 Å². The van der Waals surface area contributed by atoms with E-state index in [1.54, 1.807) is 16.8 Å². The number of aromatic nitrogens is 3. The molecule has 0 amide bonds. The summed E-state index contributed by atoms with van der Waals surface area (Å²) < 4.78 is 1.65. The molecule has 0 saturated carbocycles. The molecule has 1 heterocycles. The van der Waals surface area contributed by atoms with Crippen LogP contribution in [0.2, 0.25) is 10.0 Å². The van der Waals surface area contributed by atoms with Crippen LogP contribution in [0.15, 0.2) is 48.7 Å². The third kappa shape index (κ3) is 2.48. The molecule has 6 heteroatoms. The van der Waals surface area contributed by atoms with Gasteiger partial charge in [-0.1, -0.05) is 40.5 Å². The summed E-state index contributed by atoms with van der Waals surface area (Å²) in [6.45, 7) is 0. The van der Waals surface area contributed by atoms with E-state index in [9.17, 15) is 0 Å². The Balaban J connectivity index is 1.97. The van der Waals surface area contributed by atoms with Crippen molar-refractivity contribution in [3.63, 3.8) is 0 Å². The zero-order chi connectivity index (χ0) is 14.1. The Labute approximate surface area is 125 Å². The summed E-state index contributed by atoms with van der Waals surface area (Å²) in [6.07, 6.45) is 1.83. The first-order valence-electron chi connectivity index (χ1n) is 5.87. The monoisotopic (exact) mass is 304 g/mol. The zero-order valence-corrected chi connectivity index (χ0v) is 11.8. The number of benzene rings is 2. The van der Waals surface area contributed by atoms with Gasteiger partial charge in [0.25, 0.3) is 0 Å². The van der Waals surface area contributed by atoms with Crippen LogP contribution in [-0.2, 0) is 0 Å². The molecule has 0 aliphatic rings. The van der Waals surface area contributed by atoms with E-state index in [0.29, 0.717) is 15.7 Å². The lowest BCUT2D eigenvalue weighted by Gasteiger charge is -2.02. The van der Waals surface area contributed by atoms with E-state index in [-0.39, 0.29) is 0 Å². The van der Waals surface area contributed by atoms with E-state index in [4.69, 9.17) is 28.9 Å². The van der Waals surface area contributed by atoms with Crippen molar-refractivity contribution < 1.29 is 0 Å². The molecule has 0 unspecified atom stereocenters. The topological polar surface area (TPSA) is 56.7 Å². The van der Waals surface area contributed by atoms with Gasteiger partial charge in [-0.25, -0.2) is 4.68 Å². The van der Waals surface area contributed by atoms with Crippen molar-refractivity contribution in [2.24, 2.45) is 0 Å². The standard InChI is InChI=1S/C14H10Cl2N4/c15-10-3-1-9(2-4-10)14-8-20(19-18-14)11-5-6-12(16)13(17)7-11/h1-8H,17H2. The molecule has 0 spiro atoms. The molecule has 0 radical (unpaired) electrons. The zero-order valence-electron chi connectivity index (χ0n) is 10.3. The maximum atomic E-state index is 5.90. The molecule has 1 aromatic heterocycles. The SMILES string of the molecule is Nc1cc(-n2cc(-c3ccc(Cl)cc3)nn2)ccc1Cl. The van der Waals surface area contributed by atoms with Gasteiger partial charge in [-0.3, -0.25) is 0 Å². The number of halogens is 2. The molecule has 3 aromatic rings. The van der Waals surface area contributed by atoms with Gasteiger partial charge in [0.05, 0.1) is 22.6 Å². The number of rotatable bonds is 2. The molecule has 20 heavy (non-hydrogen) atoms. The quantitative estimate of drug-likeness (QED) is 0.732. The molecule has 0 bridgehead atoms. The van der Waals surface area contributed by atoms with Crippen LogP contribution in [0.25, 0.3) is 16.9 Å². The highest BCUT2D eigenvalue weighted by Crippen LogP contribution is 2.23. The summed E-state index contributed by atoms with van der Waals surface area (Å²) in [5.74, 6) is 0. The number of anilines is 1. The predicted molar refractivity (Wildman–Crippen MR) is 81.2 cm³/mol. The van der Waals surface area contributed by atoms with Crippen LogP contribution in [0.5, 0.6) is 0 Å². The van der Waals surface area contributed by atoms with Gasteiger partial charge in [0, 0.05) is 10.6 Å². The Morgan fingerprint density at radius 2 is 1.75 bits per heavy atom. The highest BCUT2D eigenvalue weighted by atomic mass is 35.5. The first kappa shape index (κ1) is 13.0. The van der Waals surface area contributed by atoms with Gasteiger partial charge < -0.3 is 5.73 Å². The van der Waals surface area contributed by atoms with E-state index in [2.05, 4.69) is 10.3 Å². The van der Waals surface area contributed by atoms with Crippen LogP contribution in [0, 0.1) is 0 Å². The maximum absolute atomic E-state index is 5.90. The lowest BCUT2D eigenvalue weighted by molar-refractivity contribution is 0.804. The van der Waals surface area contributed by atoms with Crippen LogP contribution in [-0.4, -0.2) is 15.0 Å². The van der Waals surface area contributed by atoms with Gasteiger partial charge in [-0.2, -0.15) is 0 Å². The second-order valence-electron chi connectivity index (χ2n) is 4.26. The average molecular weight is 305 g/mol. The Morgan fingerprint density at radius 3 is 2.45 bits per heavy atom. The summed E-state index contributed by atoms with van der Waals surface area (Å²) in [7, 11) is 0. The van der Waals surface area contributed by atoms with Gasteiger partial charge in [0.15, 0.2) is 0 Å². The first-order valence-corrected chi connectivity index (χ1v) is 6.63. The molecule has 2 N–H and O–H groups in total. The lowest BCUT2D eigenvalue weighted by atomic mass is 10.2. The third-order valence-electron chi connectivity index (χ3n) is 2.88. The summed E-state index contributed by atoms with van der Waals surface area (Å²) in [4.78, 5) is 0. The van der Waals surface area contributed by atoms with E-state index >= 15 is 0 Å². The first-order chi connectivity index (χ1) is 9.63. The third-order valence-corrected chi connectivity index (χ3v) is 3.47. The molecule has 0 fully saturated rings. The largest absolute Gasteiger partial charge is 0.397 e. The van der Waals surface area contributed by atoms with E-state index in [0.717, 1.165) is 16.9 Å².